The second-order valence-corrected chi connectivity index (χ2v) is 6.06. The highest BCUT2D eigenvalue weighted by Gasteiger charge is 2.26. The minimum Gasteiger partial charge on any atom is -0.492 e. The summed E-state index contributed by atoms with van der Waals surface area (Å²) in [4.78, 5) is 14.2. The number of benzene rings is 1. The predicted molar refractivity (Wildman–Crippen MR) is 91.7 cm³/mol. The fourth-order valence-corrected chi connectivity index (χ4v) is 3.02. The van der Waals surface area contributed by atoms with Crippen LogP contribution >= 0.6 is 0 Å². The molecule has 5 nitrogen and oxygen atoms in total. The van der Waals surface area contributed by atoms with Crippen LogP contribution in [0.5, 0.6) is 5.75 Å². The van der Waals surface area contributed by atoms with Gasteiger partial charge in [-0.25, -0.2) is 0 Å². The quantitative estimate of drug-likeness (QED) is 0.541. The molecule has 1 atom stereocenters. The molecular formula is C19H26N2O3. The summed E-state index contributed by atoms with van der Waals surface area (Å²) >= 11 is 0. The lowest BCUT2D eigenvalue weighted by atomic mass is 9.98. The zero-order chi connectivity index (χ0) is 17.2. The molecule has 0 radical (unpaired) electrons. The molecule has 1 aromatic carbocycles. The molecule has 0 aromatic heterocycles. The summed E-state index contributed by atoms with van der Waals surface area (Å²) in [6, 6.07) is 9.44. The number of esters is 1. The van der Waals surface area contributed by atoms with Gasteiger partial charge in [-0.05, 0) is 57.8 Å². The first-order valence-electron chi connectivity index (χ1n) is 8.75. The molecule has 1 aromatic rings. The van der Waals surface area contributed by atoms with E-state index in [0.29, 0.717) is 24.5 Å². The number of hydrogen-bond acceptors (Lipinski definition) is 5. The second kappa shape index (κ2) is 9.94. The predicted octanol–water partition coefficient (Wildman–Crippen LogP) is 2.99. The lowest BCUT2D eigenvalue weighted by Gasteiger charge is -2.31. The van der Waals surface area contributed by atoms with Crippen LogP contribution in [-0.4, -0.2) is 43.7 Å². The number of likely N-dealkylation sites (tertiary alicyclic amines) is 1. The summed E-state index contributed by atoms with van der Waals surface area (Å²) < 4.78 is 10.8. The van der Waals surface area contributed by atoms with E-state index < -0.39 is 0 Å². The monoisotopic (exact) mass is 330 g/mol. The lowest BCUT2D eigenvalue weighted by Crippen LogP contribution is -2.39. The Hall–Kier alpha value is -2.06. The Morgan fingerprint density at radius 1 is 1.38 bits per heavy atom. The molecule has 0 amide bonds. The lowest BCUT2D eigenvalue weighted by molar-refractivity contribution is -0.149. The number of hydrogen-bond donors (Lipinski definition) is 0. The molecule has 1 fully saturated rings. The van der Waals surface area contributed by atoms with Gasteiger partial charge < -0.3 is 14.4 Å². The van der Waals surface area contributed by atoms with Crippen LogP contribution in [0, 0.1) is 17.2 Å². The van der Waals surface area contributed by atoms with Crippen molar-refractivity contribution < 1.29 is 14.3 Å². The third kappa shape index (κ3) is 5.54. The molecule has 0 N–H and O–H groups in total. The molecule has 0 unspecified atom stereocenters. The molecule has 2 rings (SSSR count). The van der Waals surface area contributed by atoms with Crippen molar-refractivity contribution in [1.29, 1.82) is 5.26 Å². The molecule has 0 saturated carbocycles. The average molecular weight is 330 g/mol. The molecule has 1 saturated heterocycles. The number of para-hydroxylation sites is 1. The zero-order valence-electron chi connectivity index (χ0n) is 14.4. The number of ether oxygens (including phenoxy) is 2. The maximum absolute atomic E-state index is 11.8. The van der Waals surface area contributed by atoms with Gasteiger partial charge in [-0.15, -0.1) is 0 Å². The van der Waals surface area contributed by atoms with E-state index >= 15 is 0 Å². The van der Waals surface area contributed by atoms with Crippen LogP contribution in [0.25, 0.3) is 0 Å². The van der Waals surface area contributed by atoms with Gasteiger partial charge in [0.15, 0.2) is 0 Å². The van der Waals surface area contributed by atoms with Gasteiger partial charge in [0.1, 0.15) is 11.8 Å². The van der Waals surface area contributed by atoms with Crippen LogP contribution in [0.4, 0.5) is 0 Å². The summed E-state index contributed by atoms with van der Waals surface area (Å²) in [5.74, 6) is 0.622. The van der Waals surface area contributed by atoms with Crippen LogP contribution < -0.4 is 4.74 Å². The Balaban J connectivity index is 1.65. The Morgan fingerprint density at radius 2 is 2.21 bits per heavy atom. The van der Waals surface area contributed by atoms with Gasteiger partial charge in [-0.1, -0.05) is 12.1 Å². The SMILES string of the molecule is CCOC(=O)[C@H]1CCCN(CCCCOc2ccccc2C#N)C1. The third-order valence-electron chi connectivity index (χ3n) is 4.26. The molecule has 1 aliphatic rings. The highest BCUT2D eigenvalue weighted by atomic mass is 16.5. The van der Waals surface area contributed by atoms with Crippen molar-refractivity contribution in [2.24, 2.45) is 5.92 Å². The van der Waals surface area contributed by atoms with Gasteiger partial charge in [0.25, 0.3) is 0 Å². The van der Waals surface area contributed by atoms with Crippen LogP contribution in [-0.2, 0) is 9.53 Å². The molecule has 0 aliphatic carbocycles. The van der Waals surface area contributed by atoms with E-state index in [-0.39, 0.29) is 11.9 Å². The van der Waals surface area contributed by atoms with Gasteiger partial charge in [-0.2, -0.15) is 5.26 Å². The van der Waals surface area contributed by atoms with Crippen molar-refractivity contribution >= 4 is 5.97 Å². The first-order chi connectivity index (χ1) is 11.7. The maximum Gasteiger partial charge on any atom is 0.310 e. The first-order valence-corrected chi connectivity index (χ1v) is 8.75. The van der Waals surface area contributed by atoms with Gasteiger partial charge >= 0.3 is 5.97 Å². The zero-order valence-corrected chi connectivity index (χ0v) is 14.4. The molecule has 5 heteroatoms. The van der Waals surface area contributed by atoms with E-state index in [1.165, 1.54) is 0 Å². The van der Waals surface area contributed by atoms with E-state index in [1.807, 2.05) is 25.1 Å². The molecule has 24 heavy (non-hydrogen) atoms. The number of carbonyl (C=O) groups is 1. The van der Waals surface area contributed by atoms with E-state index in [4.69, 9.17) is 14.7 Å². The maximum atomic E-state index is 11.8. The fourth-order valence-electron chi connectivity index (χ4n) is 3.02. The van der Waals surface area contributed by atoms with Crippen molar-refractivity contribution in [1.82, 2.24) is 4.90 Å². The van der Waals surface area contributed by atoms with Crippen molar-refractivity contribution in [3.8, 4) is 11.8 Å². The van der Waals surface area contributed by atoms with Gasteiger partial charge in [0.05, 0.1) is 24.7 Å². The Labute approximate surface area is 144 Å². The van der Waals surface area contributed by atoms with E-state index in [9.17, 15) is 4.79 Å². The first kappa shape index (κ1) is 18.3. The van der Waals surface area contributed by atoms with Crippen molar-refractivity contribution in [2.75, 3.05) is 32.8 Å². The molecular weight excluding hydrogens is 304 g/mol. The van der Waals surface area contributed by atoms with Crippen LogP contribution in [0.15, 0.2) is 24.3 Å². The van der Waals surface area contributed by atoms with E-state index in [2.05, 4.69) is 11.0 Å². The molecule has 130 valence electrons. The molecule has 0 bridgehead atoms. The van der Waals surface area contributed by atoms with E-state index in [1.54, 1.807) is 6.07 Å². The van der Waals surface area contributed by atoms with Gasteiger partial charge in [0, 0.05) is 6.54 Å². The van der Waals surface area contributed by atoms with Gasteiger partial charge in [-0.3, -0.25) is 4.79 Å². The van der Waals surface area contributed by atoms with Crippen molar-refractivity contribution in [3.05, 3.63) is 29.8 Å². The highest BCUT2D eigenvalue weighted by molar-refractivity contribution is 5.72. The van der Waals surface area contributed by atoms with Crippen LogP contribution in [0.2, 0.25) is 0 Å². The number of rotatable bonds is 8. The summed E-state index contributed by atoms with van der Waals surface area (Å²) in [6.07, 6.45) is 3.93. The molecule has 1 heterocycles. The smallest absolute Gasteiger partial charge is 0.310 e. The Kier molecular flexibility index (Phi) is 7.57. The summed E-state index contributed by atoms with van der Waals surface area (Å²) in [5, 5.41) is 9.02. The molecule has 0 spiro atoms. The number of nitrogens with zero attached hydrogens (tertiary/aromatic N) is 2. The third-order valence-corrected chi connectivity index (χ3v) is 4.26. The van der Waals surface area contributed by atoms with Crippen LogP contribution in [0.3, 0.4) is 0 Å². The van der Waals surface area contributed by atoms with E-state index in [0.717, 1.165) is 45.3 Å². The molecule has 1 aliphatic heterocycles. The topological polar surface area (TPSA) is 62.6 Å². The Morgan fingerprint density at radius 3 is 3.00 bits per heavy atom. The normalized spacial score (nSPS) is 17.9. The fraction of sp³-hybridized carbons (Fsp3) is 0.579. The largest absolute Gasteiger partial charge is 0.492 e. The summed E-state index contributed by atoms with van der Waals surface area (Å²) in [6.45, 7) is 5.73. The average Bonchev–Trinajstić information content (AvgIpc) is 2.62. The second-order valence-electron chi connectivity index (χ2n) is 6.06. The number of unbranched alkanes of at least 4 members (excludes halogenated alkanes) is 1. The summed E-state index contributed by atoms with van der Waals surface area (Å²) in [7, 11) is 0. The van der Waals surface area contributed by atoms with Crippen molar-refractivity contribution in [3.63, 3.8) is 0 Å². The number of piperidine rings is 1. The van der Waals surface area contributed by atoms with Crippen molar-refractivity contribution in [2.45, 2.75) is 32.6 Å². The number of nitriles is 1. The minimum absolute atomic E-state index is 0.0254. The Bertz CT molecular complexity index is 568. The van der Waals surface area contributed by atoms with Crippen LogP contribution in [0.1, 0.15) is 38.2 Å². The minimum atomic E-state index is -0.0568. The summed E-state index contributed by atoms with van der Waals surface area (Å²) in [5.41, 5.74) is 0.575. The van der Waals surface area contributed by atoms with Gasteiger partial charge in [0.2, 0.25) is 0 Å². The number of carbonyl (C=O) groups excluding carboxylic acids is 1. The standard InChI is InChI=1S/C19H26N2O3/c1-2-23-19(22)17-9-7-12-21(15-17)11-5-6-13-24-18-10-4-3-8-16(18)14-20/h3-4,8,10,17H,2,5-7,9,11-13,15H2,1H3/t17-/m0/s1. The highest BCUT2D eigenvalue weighted by Crippen LogP contribution is 2.19.